The third-order valence-electron chi connectivity index (χ3n) is 4.63. The molecule has 0 aliphatic carbocycles. The number of thiophene rings is 1. The Hall–Kier alpha value is -2.46. The molecule has 1 amide bonds. The minimum atomic E-state index is -0.0317. The Labute approximate surface area is 175 Å². The van der Waals surface area contributed by atoms with Gasteiger partial charge in [-0.15, -0.1) is 11.3 Å². The molecule has 0 fully saturated rings. The van der Waals surface area contributed by atoms with Gasteiger partial charge in [0.2, 0.25) is 5.91 Å². The molecule has 29 heavy (non-hydrogen) atoms. The molecule has 3 heterocycles. The van der Waals surface area contributed by atoms with Gasteiger partial charge in [-0.05, 0) is 24.3 Å². The van der Waals surface area contributed by atoms with E-state index in [0.717, 1.165) is 31.6 Å². The first kappa shape index (κ1) is 21.3. The number of hydrogen-bond donors (Lipinski definition) is 2. The summed E-state index contributed by atoms with van der Waals surface area (Å²) < 4.78 is 7.06. The molecule has 0 aromatic carbocycles. The largest absolute Gasteiger partial charge is 0.377 e. The van der Waals surface area contributed by atoms with E-state index in [4.69, 9.17) is 4.74 Å². The molecule has 0 saturated heterocycles. The number of guanidine groups is 1. The lowest BCUT2D eigenvalue weighted by atomic mass is 10.1. The second-order valence-electron chi connectivity index (χ2n) is 7.15. The van der Waals surface area contributed by atoms with Crippen LogP contribution in [0.4, 0.5) is 0 Å². The number of aromatic nitrogens is 3. The van der Waals surface area contributed by atoms with Crippen molar-refractivity contribution < 1.29 is 9.53 Å². The van der Waals surface area contributed by atoms with Crippen LogP contribution < -0.4 is 10.6 Å². The molecule has 2 aromatic rings. The fourth-order valence-electron chi connectivity index (χ4n) is 3.06. The van der Waals surface area contributed by atoms with Crippen molar-refractivity contribution in [2.45, 2.75) is 38.5 Å². The SMILES string of the molecule is COCc1nc2n(n1)CC(NC(=NCC(=O)N(C)C)NCCc1cccs1)CC2. The summed E-state index contributed by atoms with van der Waals surface area (Å²) in [5, 5.41) is 13.4. The maximum Gasteiger partial charge on any atom is 0.243 e. The van der Waals surface area contributed by atoms with Crippen molar-refractivity contribution >= 4 is 23.2 Å². The molecule has 0 spiro atoms. The van der Waals surface area contributed by atoms with Gasteiger partial charge < -0.3 is 20.3 Å². The molecule has 0 saturated carbocycles. The highest BCUT2D eigenvalue weighted by molar-refractivity contribution is 7.09. The first-order chi connectivity index (χ1) is 14.0. The van der Waals surface area contributed by atoms with E-state index in [2.05, 4.69) is 43.2 Å². The Bertz CT molecular complexity index is 817. The summed E-state index contributed by atoms with van der Waals surface area (Å²) in [6.07, 6.45) is 2.68. The van der Waals surface area contributed by atoms with Crippen molar-refractivity contribution in [3.63, 3.8) is 0 Å². The van der Waals surface area contributed by atoms with Gasteiger partial charge in [0, 0.05) is 45.1 Å². The van der Waals surface area contributed by atoms with E-state index in [9.17, 15) is 4.79 Å². The first-order valence-corrected chi connectivity index (χ1v) is 10.6. The predicted molar refractivity (Wildman–Crippen MR) is 113 cm³/mol. The number of rotatable bonds is 8. The summed E-state index contributed by atoms with van der Waals surface area (Å²) in [6, 6.07) is 4.34. The standard InChI is InChI=1S/C19H29N7O2S/c1-25(2)18(27)11-21-19(20-9-8-15-5-4-10-29-15)22-14-6-7-17-23-16(13-28-3)24-26(17)12-14/h4-5,10,14H,6-9,11-13H2,1-3H3,(H2,20,21,22). The molecule has 0 radical (unpaired) electrons. The van der Waals surface area contributed by atoms with Crippen LogP contribution in [-0.4, -0.2) is 71.9 Å². The molecule has 2 aromatic heterocycles. The van der Waals surface area contributed by atoms with Crippen molar-refractivity contribution in [1.82, 2.24) is 30.3 Å². The van der Waals surface area contributed by atoms with E-state index in [1.807, 2.05) is 4.68 Å². The van der Waals surface area contributed by atoms with E-state index in [1.54, 1.807) is 37.4 Å². The Balaban J connectivity index is 1.60. The third kappa shape index (κ3) is 6.26. The summed E-state index contributed by atoms with van der Waals surface area (Å²) >= 11 is 1.74. The Morgan fingerprint density at radius 3 is 3.07 bits per heavy atom. The predicted octanol–water partition coefficient (Wildman–Crippen LogP) is 0.667. The van der Waals surface area contributed by atoms with E-state index >= 15 is 0 Å². The van der Waals surface area contributed by atoms with Crippen LogP contribution in [0.3, 0.4) is 0 Å². The Morgan fingerprint density at radius 2 is 2.34 bits per heavy atom. The average Bonchev–Trinajstić information content (AvgIpc) is 3.34. The van der Waals surface area contributed by atoms with Gasteiger partial charge >= 0.3 is 0 Å². The van der Waals surface area contributed by atoms with Gasteiger partial charge in [-0.1, -0.05) is 6.07 Å². The fourth-order valence-corrected chi connectivity index (χ4v) is 3.77. The molecule has 1 aliphatic rings. The lowest BCUT2D eigenvalue weighted by molar-refractivity contribution is -0.127. The Morgan fingerprint density at radius 1 is 1.48 bits per heavy atom. The van der Waals surface area contributed by atoms with Crippen molar-refractivity contribution in [3.8, 4) is 0 Å². The minimum Gasteiger partial charge on any atom is -0.377 e. The Kier molecular flexibility index (Phi) is 7.59. The molecular weight excluding hydrogens is 390 g/mol. The van der Waals surface area contributed by atoms with Gasteiger partial charge in [0.1, 0.15) is 19.0 Å². The van der Waals surface area contributed by atoms with Crippen LogP contribution in [0, 0.1) is 0 Å². The number of likely N-dealkylation sites (N-methyl/N-ethyl adjacent to an activating group) is 1. The zero-order valence-electron chi connectivity index (χ0n) is 17.2. The van der Waals surface area contributed by atoms with E-state index in [-0.39, 0.29) is 18.5 Å². The summed E-state index contributed by atoms with van der Waals surface area (Å²) in [7, 11) is 5.12. The van der Waals surface area contributed by atoms with Crippen LogP contribution in [-0.2, 0) is 35.5 Å². The van der Waals surface area contributed by atoms with Crippen LogP contribution in [0.25, 0.3) is 0 Å². The van der Waals surface area contributed by atoms with E-state index in [0.29, 0.717) is 24.9 Å². The zero-order valence-corrected chi connectivity index (χ0v) is 18.0. The van der Waals surface area contributed by atoms with Gasteiger partial charge in [0.05, 0.1) is 6.54 Å². The molecule has 158 valence electrons. The summed E-state index contributed by atoms with van der Waals surface area (Å²) in [4.78, 5) is 23.8. The number of aliphatic imine (C=N–C) groups is 1. The van der Waals surface area contributed by atoms with Gasteiger partial charge in [-0.3, -0.25) is 4.79 Å². The second kappa shape index (κ2) is 10.4. The molecule has 10 heteroatoms. The van der Waals surface area contributed by atoms with Crippen LogP contribution in [0.1, 0.15) is 22.9 Å². The van der Waals surface area contributed by atoms with Crippen LogP contribution in [0.15, 0.2) is 22.5 Å². The number of hydrogen-bond acceptors (Lipinski definition) is 6. The number of methoxy groups -OCH3 is 1. The number of amides is 1. The molecule has 1 unspecified atom stereocenters. The number of fused-ring (bicyclic) bond motifs is 1. The van der Waals surface area contributed by atoms with Crippen molar-refractivity contribution in [2.75, 3.05) is 34.3 Å². The lowest BCUT2D eigenvalue weighted by Crippen LogP contribution is -2.48. The fraction of sp³-hybridized carbons (Fsp3) is 0.579. The molecule has 1 atom stereocenters. The molecular formula is C19H29N7O2S. The number of aryl methyl sites for hydroxylation is 1. The second-order valence-corrected chi connectivity index (χ2v) is 8.18. The number of nitrogens with one attached hydrogen (secondary N) is 2. The molecule has 2 N–H and O–H groups in total. The van der Waals surface area contributed by atoms with Gasteiger partial charge in [0.15, 0.2) is 11.8 Å². The molecule has 9 nitrogen and oxygen atoms in total. The lowest BCUT2D eigenvalue weighted by Gasteiger charge is -2.25. The summed E-state index contributed by atoms with van der Waals surface area (Å²) in [6.45, 7) is 1.99. The van der Waals surface area contributed by atoms with Crippen LogP contribution >= 0.6 is 11.3 Å². The number of carbonyl (C=O) groups excluding carboxylic acids is 1. The van der Waals surface area contributed by atoms with Crippen molar-refractivity contribution in [2.24, 2.45) is 4.99 Å². The van der Waals surface area contributed by atoms with Gasteiger partial charge in [-0.2, -0.15) is 5.10 Å². The molecule has 0 bridgehead atoms. The highest BCUT2D eigenvalue weighted by Gasteiger charge is 2.22. The topological polar surface area (TPSA) is 96.7 Å². The third-order valence-corrected chi connectivity index (χ3v) is 5.57. The number of nitrogens with zero attached hydrogens (tertiary/aromatic N) is 5. The minimum absolute atomic E-state index is 0.0317. The molecule has 1 aliphatic heterocycles. The van der Waals surface area contributed by atoms with E-state index in [1.165, 1.54) is 4.88 Å². The van der Waals surface area contributed by atoms with Crippen LogP contribution in [0.5, 0.6) is 0 Å². The van der Waals surface area contributed by atoms with Crippen molar-refractivity contribution in [3.05, 3.63) is 34.0 Å². The summed E-state index contributed by atoms with van der Waals surface area (Å²) in [5.74, 6) is 2.32. The highest BCUT2D eigenvalue weighted by Crippen LogP contribution is 2.13. The quantitative estimate of drug-likeness (QED) is 0.482. The van der Waals surface area contributed by atoms with Crippen molar-refractivity contribution in [1.29, 1.82) is 0 Å². The average molecular weight is 420 g/mol. The molecule has 3 rings (SSSR count). The number of carbonyl (C=O) groups is 1. The maximum absolute atomic E-state index is 12.0. The summed E-state index contributed by atoms with van der Waals surface area (Å²) in [5.41, 5.74) is 0. The van der Waals surface area contributed by atoms with Gasteiger partial charge in [0.25, 0.3) is 0 Å². The first-order valence-electron chi connectivity index (χ1n) is 9.74. The highest BCUT2D eigenvalue weighted by atomic mass is 32.1. The van der Waals surface area contributed by atoms with Crippen LogP contribution in [0.2, 0.25) is 0 Å². The maximum atomic E-state index is 12.0. The zero-order chi connectivity index (χ0) is 20.6. The normalized spacial score (nSPS) is 16.4. The monoisotopic (exact) mass is 419 g/mol. The number of ether oxygens (including phenoxy) is 1. The van der Waals surface area contributed by atoms with E-state index < -0.39 is 0 Å². The van der Waals surface area contributed by atoms with Gasteiger partial charge in [-0.25, -0.2) is 14.7 Å². The smallest absolute Gasteiger partial charge is 0.243 e.